The molecule has 0 aromatic heterocycles. The van der Waals surface area contributed by atoms with Crippen molar-refractivity contribution >= 4 is 24.4 Å². The first kappa shape index (κ1) is 39.0. The van der Waals surface area contributed by atoms with Crippen molar-refractivity contribution in [2.75, 3.05) is 19.0 Å². The zero-order valence-corrected chi connectivity index (χ0v) is 30.7. The third kappa shape index (κ3) is 8.95. The van der Waals surface area contributed by atoms with Crippen molar-refractivity contribution in [2.45, 2.75) is 161 Å². The summed E-state index contributed by atoms with van der Waals surface area (Å²) >= 11 is 4.82. The molecule has 4 rings (SSSR count). The average molecular weight is 685 g/mol. The lowest BCUT2D eigenvalue weighted by Gasteiger charge is -2.53. The Morgan fingerprint density at radius 2 is 1.72 bits per heavy atom. The fraction of sp³-hybridized carbons (Fsp3) is 0.946. The minimum absolute atomic E-state index is 0.0132. The number of carboxylic acids is 1. The Morgan fingerprint density at radius 1 is 0.979 bits per heavy atom. The van der Waals surface area contributed by atoms with Crippen molar-refractivity contribution < 1.29 is 43.9 Å². The molecule has 1 spiro atoms. The Hall–Kier alpha value is -0.750. The number of aliphatic carboxylic acids is 1. The molecular formula is C37H64O9S. The molecule has 13 unspecified atom stereocenters. The lowest BCUT2D eigenvalue weighted by atomic mass is 9.66. The molecule has 3 N–H and O–H groups in total. The zero-order chi connectivity index (χ0) is 34.5. The van der Waals surface area contributed by atoms with Gasteiger partial charge in [-0.1, -0.05) is 41.5 Å². The number of hydrogen-bond donors (Lipinski definition) is 4. The number of ether oxygens (including phenoxy) is 4. The van der Waals surface area contributed by atoms with Crippen LogP contribution in [0.2, 0.25) is 0 Å². The molecule has 0 bridgehead atoms. The fourth-order valence-corrected chi connectivity index (χ4v) is 9.93. The van der Waals surface area contributed by atoms with E-state index in [0.29, 0.717) is 31.6 Å². The monoisotopic (exact) mass is 684 g/mol. The molecule has 0 aromatic carbocycles. The Morgan fingerprint density at radius 3 is 2.34 bits per heavy atom. The Labute approximate surface area is 288 Å². The largest absolute Gasteiger partial charge is 0.481 e. The van der Waals surface area contributed by atoms with E-state index in [1.165, 1.54) is 0 Å². The van der Waals surface area contributed by atoms with Gasteiger partial charge in [-0.15, -0.1) is 0 Å². The topological polar surface area (TPSA) is 132 Å². The SMILES string of the molecule is CCC(C(=O)O)C1CC[C@H](C)C(C(C)CC(C)C(=O)C(CS)C2(C(C)CC(C)CO)CCCC3(CCC(C4CCC(O)CO4)O3)O2)O1. The van der Waals surface area contributed by atoms with Crippen LogP contribution in [-0.2, 0) is 28.5 Å². The van der Waals surface area contributed by atoms with Crippen molar-refractivity contribution in [1.82, 2.24) is 0 Å². The standard InChI is InChI=1S/C37H64O9S/c1-7-28(35(41)42)30-11-9-23(3)34(44-30)25(5)18-24(4)33(40)29(21-47)37(26(6)17-22(2)19-38)15-8-14-36(46-37)16-13-32(45-36)31-12-10-27(39)20-43-31/h22-32,34,38-39,47H,7-21H2,1-6H3,(H,41,42)/t22?,23-,24?,25?,26?,27?,28?,29?,30?,31?,32?,34?,36?,37?/m0/s1. The van der Waals surface area contributed by atoms with Crippen LogP contribution in [0, 0.1) is 41.4 Å². The van der Waals surface area contributed by atoms with Crippen LogP contribution in [0.1, 0.15) is 119 Å². The minimum atomic E-state index is -0.804. The maximum absolute atomic E-state index is 14.6. The number of carbonyl (C=O) groups excluding carboxylic acids is 1. The molecule has 14 atom stereocenters. The van der Waals surface area contributed by atoms with E-state index in [2.05, 4.69) is 20.8 Å². The predicted octanol–water partition coefficient (Wildman–Crippen LogP) is 6.07. The first-order valence-corrected chi connectivity index (χ1v) is 19.2. The Balaban J connectivity index is 1.52. The normalized spacial score (nSPS) is 38.7. The van der Waals surface area contributed by atoms with Crippen LogP contribution >= 0.6 is 12.6 Å². The van der Waals surface area contributed by atoms with Gasteiger partial charge in [0, 0.05) is 31.1 Å². The summed E-state index contributed by atoms with van der Waals surface area (Å²) in [7, 11) is 0. The van der Waals surface area contributed by atoms with E-state index in [1.54, 1.807) is 0 Å². The quantitative estimate of drug-likeness (QED) is 0.152. The van der Waals surface area contributed by atoms with E-state index in [1.807, 2.05) is 20.8 Å². The molecule has 272 valence electrons. The molecule has 9 nitrogen and oxygen atoms in total. The van der Waals surface area contributed by atoms with Gasteiger partial charge in [0.25, 0.3) is 0 Å². The predicted molar refractivity (Wildman–Crippen MR) is 183 cm³/mol. The lowest BCUT2D eigenvalue weighted by Crippen LogP contribution is -2.59. The summed E-state index contributed by atoms with van der Waals surface area (Å²) < 4.78 is 26.5. The molecule has 4 aliphatic rings. The van der Waals surface area contributed by atoms with Crippen molar-refractivity contribution in [2.24, 2.45) is 41.4 Å². The second-order valence-corrected chi connectivity index (χ2v) is 16.2. The molecule has 47 heavy (non-hydrogen) atoms. The van der Waals surface area contributed by atoms with Crippen LogP contribution in [0.25, 0.3) is 0 Å². The van der Waals surface area contributed by atoms with Gasteiger partial charge in [-0.3, -0.25) is 9.59 Å². The number of Topliss-reactive ketones (excluding diaryl/α,β-unsaturated/α-hetero) is 1. The maximum atomic E-state index is 14.6. The van der Waals surface area contributed by atoms with E-state index in [4.69, 9.17) is 31.6 Å². The van der Waals surface area contributed by atoms with Crippen LogP contribution < -0.4 is 0 Å². The number of carbonyl (C=O) groups is 2. The van der Waals surface area contributed by atoms with Gasteiger partial charge in [0.2, 0.25) is 0 Å². The van der Waals surface area contributed by atoms with Crippen LogP contribution in [-0.4, -0.2) is 87.9 Å². The summed E-state index contributed by atoms with van der Waals surface area (Å²) in [5.74, 6) is -1.93. The highest BCUT2D eigenvalue weighted by Gasteiger charge is 2.58. The van der Waals surface area contributed by atoms with Crippen LogP contribution in [0.3, 0.4) is 0 Å². The number of aliphatic hydroxyl groups excluding tert-OH is 2. The second-order valence-electron chi connectivity index (χ2n) is 15.8. The molecule has 4 fully saturated rings. The second kappa shape index (κ2) is 17.0. The van der Waals surface area contributed by atoms with Gasteiger partial charge in [0.15, 0.2) is 5.79 Å². The van der Waals surface area contributed by atoms with Crippen LogP contribution in [0.4, 0.5) is 0 Å². The molecule has 4 aliphatic heterocycles. The number of carboxylic acid groups (broad SMARTS) is 1. The molecular weight excluding hydrogens is 620 g/mol. The van der Waals surface area contributed by atoms with Gasteiger partial charge in [-0.05, 0) is 87.9 Å². The third-order valence-corrected chi connectivity index (χ3v) is 12.5. The molecule has 0 amide bonds. The Kier molecular flexibility index (Phi) is 14.1. The summed E-state index contributed by atoms with van der Waals surface area (Å²) in [6.45, 7) is 12.8. The van der Waals surface area contributed by atoms with Gasteiger partial charge in [-0.25, -0.2) is 0 Å². The van der Waals surface area contributed by atoms with Crippen molar-refractivity contribution in [3.8, 4) is 0 Å². The van der Waals surface area contributed by atoms with Gasteiger partial charge < -0.3 is 34.3 Å². The summed E-state index contributed by atoms with van der Waals surface area (Å²) in [5, 5.41) is 29.7. The minimum Gasteiger partial charge on any atom is -0.481 e. The van der Waals surface area contributed by atoms with Gasteiger partial charge >= 0.3 is 5.97 Å². The molecule has 10 heteroatoms. The highest BCUT2D eigenvalue weighted by Crippen LogP contribution is 2.52. The first-order valence-electron chi connectivity index (χ1n) is 18.6. The molecule has 4 heterocycles. The highest BCUT2D eigenvalue weighted by molar-refractivity contribution is 7.80. The van der Waals surface area contributed by atoms with Gasteiger partial charge in [0.1, 0.15) is 5.78 Å². The lowest BCUT2D eigenvalue weighted by molar-refractivity contribution is -0.331. The van der Waals surface area contributed by atoms with E-state index in [9.17, 15) is 24.9 Å². The smallest absolute Gasteiger partial charge is 0.309 e. The number of thiol groups is 1. The summed E-state index contributed by atoms with van der Waals surface area (Å²) in [5.41, 5.74) is -0.786. The summed E-state index contributed by atoms with van der Waals surface area (Å²) in [6, 6.07) is 0. The van der Waals surface area contributed by atoms with Crippen LogP contribution in [0.5, 0.6) is 0 Å². The van der Waals surface area contributed by atoms with Gasteiger partial charge in [0.05, 0.1) is 54.6 Å². The first-order chi connectivity index (χ1) is 22.3. The molecule has 0 aliphatic carbocycles. The van der Waals surface area contributed by atoms with Crippen molar-refractivity contribution in [3.05, 3.63) is 0 Å². The highest BCUT2D eigenvalue weighted by atomic mass is 32.1. The zero-order valence-electron chi connectivity index (χ0n) is 29.8. The number of ketones is 1. The number of hydrogen-bond acceptors (Lipinski definition) is 9. The van der Waals surface area contributed by atoms with E-state index < -0.39 is 35.3 Å². The number of rotatable bonds is 15. The average Bonchev–Trinajstić information content (AvgIpc) is 3.44. The molecule has 0 radical (unpaired) electrons. The molecule has 0 aromatic rings. The van der Waals surface area contributed by atoms with E-state index in [-0.39, 0.29) is 66.4 Å². The summed E-state index contributed by atoms with van der Waals surface area (Å²) in [6.07, 6.45) is 7.91. The summed E-state index contributed by atoms with van der Waals surface area (Å²) in [4.78, 5) is 26.5. The maximum Gasteiger partial charge on any atom is 0.309 e. The van der Waals surface area contributed by atoms with E-state index in [0.717, 1.165) is 57.8 Å². The third-order valence-electron chi connectivity index (χ3n) is 12.2. The van der Waals surface area contributed by atoms with Crippen molar-refractivity contribution in [1.29, 1.82) is 0 Å². The number of aliphatic hydroxyl groups is 2. The molecule has 0 saturated carbocycles. The Bertz CT molecular complexity index is 1020. The van der Waals surface area contributed by atoms with E-state index >= 15 is 0 Å². The molecule has 4 saturated heterocycles. The van der Waals surface area contributed by atoms with Crippen molar-refractivity contribution in [3.63, 3.8) is 0 Å². The van der Waals surface area contributed by atoms with Crippen LogP contribution in [0.15, 0.2) is 0 Å². The fourth-order valence-electron chi connectivity index (χ4n) is 9.44. The van der Waals surface area contributed by atoms with Gasteiger partial charge in [-0.2, -0.15) is 12.6 Å².